The van der Waals surface area contributed by atoms with Crippen molar-refractivity contribution in [2.45, 2.75) is 49.1 Å². The Morgan fingerprint density at radius 2 is 1.74 bits per heavy atom. The van der Waals surface area contributed by atoms with E-state index >= 15 is 0 Å². The molecule has 1 fully saturated rings. The van der Waals surface area contributed by atoms with Crippen molar-refractivity contribution in [2.24, 2.45) is 11.7 Å². The van der Waals surface area contributed by atoms with Crippen LogP contribution in [0, 0.1) is 12.8 Å². The Morgan fingerprint density at radius 1 is 1.03 bits per heavy atom. The number of alkyl halides is 3. The average Bonchev–Trinajstić information content (AvgIpc) is 2.92. The lowest BCUT2D eigenvalue weighted by molar-refractivity contribution is -0.138. The third-order valence-electron chi connectivity index (χ3n) is 7.58. The molecule has 208 valence electrons. The zero-order valence-corrected chi connectivity index (χ0v) is 22.4. The highest BCUT2D eigenvalue weighted by Crippen LogP contribution is 2.51. The van der Waals surface area contributed by atoms with Crippen LogP contribution in [0.2, 0.25) is 0 Å². The average molecular weight is 560 g/mol. The van der Waals surface area contributed by atoms with Gasteiger partial charge in [-0.3, -0.25) is 0 Å². The number of benzene rings is 3. The van der Waals surface area contributed by atoms with E-state index in [0.717, 1.165) is 23.3 Å². The molecule has 2 aliphatic heterocycles. The molecule has 0 spiro atoms. The fraction of sp³-hybridized carbons (Fsp3) is 0.379. The molecule has 0 bridgehead atoms. The van der Waals surface area contributed by atoms with E-state index in [1.165, 1.54) is 10.4 Å². The van der Waals surface area contributed by atoms with Crippen LogP contribution in [0.25, 0.3) is 0 Å². The summed E-state index contributed by atoms with van der Waals surface area (Å²) in [6.45, 7) is 2.17. The molecule has 5 rings (SSSR count). The first kappa shape index (κ1) is 27.6. The molecule has 0 aromatic heterocycles. The number of nitrogens with one attached hydrogen (secondary N) is 1. The summed E-state index contributed by atoms with van der Waals surface area (Å²) in [6, 6.07) is 19.9. The molecule has 3 aromatic carbocycles. The van der Waals surface area contributed by atoms with Gasteiger partial charge in [0.25, 0.3) is 0 Å². The zero-order chi connectivity index (χ0) is 27.8. The first-order valence-electron chi connectivity index (χ1n) is 13.0. The van der Waals surface area contributed by atoms with E-state index in [4.69, 9.17) is 10.5 Å². The van der Waals surface area contributed by atoms with Gasteiger partial charge in [-0.05, 0) is 55.7 Å². The van der Waals surface area contributed by atoms with Crippen molar-refractivity contribution >= 4 is 15.7 Å². The normalized spacial score (nSPS) is 23.1. The van der Waals surface area contributed by atoms with Crippen molar-refractivity contribution in [3.63, 3.8) is 0 Å². The van der Waals surface area contributed by atoms with Gasteiger partial charge in [-0.15, -0.1) is 0 Å². The molecule has 2 heterocycles. The van der Waals surface area contributed by atoms with Crippen LogP contribution < -0.4 is 11.1 Å². The maximum Gasteiger partial charge on any atom is 0.416 e. The SMILES string of the molecule is Cc1ccc(S(=O)(=O)N(CCN)C[C@H]2CC[C@@H]3[C@H](O2)c2cc(C(F)(F)F)ccc2N[C@H]3c2ccccc2)cc1. The van der Waals surface area contributed by atoms with E-state index in [9.17, 15) is 21.6 Å². The molecule has 6 nitrogen and oxygen atoms in total. The fourth-order valence-corrected chi connectivity index (χ4v) is 7.08. The lowest BCUT2D eigenvalue weighted by atomic mass is 9.76. The number of ether oxygens (including phenoxy) is 1. The Bertz CT molecular complexity index is 1400. The second kappa shape index (κ2) is 10.9. The number of nitrogens with zero attached hydrogens (tertiary/aromatic N) is 1. The van der Waals surface area contributed by atoms with E-state index in [1.54, 1.807) is 24.3 Å². The Labute approximate surface area is 227 Å². The zero-order valence-electron chi connectivity index (χ0n) is 21.6. The van der Waals surface area contributed by atoms with E-state index in [0.29, 0.717) is 24.1 Å². The maximum atomic E-state index is 13.6. The second-order valence-corrected chi connectivity index (χ2v) is 12.2. The Morgan fingerprint density at radius 3 is 2.41 bits per heavy atom. The van der Waals surface area contributed by atoms with E-state index in [2.05, 4.69) is 5.32 Å². The molecule has 0 radical (unpaired) electrons. The lowest BCUT2D eigenvalue weighted by Gasteiger charge is -2.46. The molecular formula is C29H32F3N3O3S. The summed E-state index contributed by atoms with van der Waals surface area (Å²) in [7, 11) is -3.84. The molecule has 4 atom stereocenters. The van der Waals surface area contributed by atoms with Gasteiger partial charge in [-0.2, -0.15) is 17.5 Å². The van der Waals surface area contributed by atoms with Crippen LogP contribution in [-0.2, 0) is 20.9 Å². The minimum atomic E-state index is -4.49. The first-order chi connectivity index (χ1) is 18.6. The monoisotopic (exact) mass is 559 g/mol. The van der Waals surface area contributed by atoms with Gasteiger partial charge in [-0.1, -0.05) is 48.0 Å². The van der Waals surface area contributed by atoms with E-state index in [-0.39, 0.29) is 36.5 Å². The minimum absolute atomic E-state index is 0.0638. The summed E-state index contributed by atoms with van der Waals surface area (Å²) in [5.74, 6) is -0.128. The van der Waals surface area contributed by atoms with Gasteiger partial charge in [0.1, 0.15) is 0 Å². The maximum absolute atomic E-state index is 13.6. The van der Waals surface area contributed by atoms with Crippen LogP contribution in [0.3, 0.4) is 0 Å². The number of anilines is 1. The molecule has 2 aliphatic rings. The molecule has 0 saturated carbocycles. The molecule has 1 saturated heterocycles. The van der Waals surface area contributed by atoms with Crippen LogP contribution in [-0.4, -0.2) is 38.5 Å². The number of aryl methyl sites for hydroxylation is 1. The van der Waals surface area contributed by atoms with Crippen LogP contribution in [0.5, 0.6) is 0 Å². The molecule has 0 aliphatic carbocycles. The highest BCUT2D eigenvalue weighted by molar-refractivity contribution is 7.89. The van der Waals surface area contributed by atoms with E-state index in [1.807, 2.05) is 37.3 Å². The number of fused-ring (bicyclic) bond motifs is 3. The third kappa shape index (κ3) is 5.70. The number of halogens is 3. The van der Waals surface area contributed by atoms with Crippen molar-refractivity contribution < 1.29 is 26.3 Å². The fourth-order valence-electron chi connectivity index (χ4n) is 5.60. The predicted molar refractivity (Wildman–Crippen MR) is 144 cm³/mol. The number of sulfonamides is 1. The number of rotatable bonds is 7. The molecule has 0 unspecified atom stereocenters. The molecule has 10 heteroatoms. The summed E-state index contributed by atoms with van der Waals surface area (Å²) in [5, 5.41) is 3.45. The van der Waals surface area contributed by atoms with Gasteiger partial charge in [0.2, 0.25) is 10.0 Å². The summed E-state index contributed by atoms with van der Waals surface area (Å²) in [4.78, 5) is 0.168. The van der Waals surface area contributed by atoms with Crippen LogP contribution >= 0.6 is 0 Å². The highest BCUT2D eigenvalue weighted by atomic mass is 32.2. The molecule has 0 amide bonds. The van der Waals surface area contributed by atoms with Crippen molar-refractivity contribution in [2.75, 3.05) is 25.0 Å². The summed E-state index contributed by atoms with van der Waals surface area (Å²) in [6.07, 6.45) is -4.41. The summed E-state index contributed by atoms with van der Waals surface area (Å²) in [5.41, 5.74) is 8.04. The van der Waals surface area contributed by atoms with Crippen molar-refractivity contribution in [3.05, 3.63) is 95.1 Å². The number of hydrogen-bond donors (Lipinski definition) is 2. The summed E-state index contributed by atoms with van der Waals surface area (Å²) >= 11 is 0. The summed E-state index contributed by atoms with van der Waals surface area (Å²) < 4.78 is 75.6. The highest BCUT2D eigenvalue weighted by Gasteiger charge is 2.44. The molecular weight excluding hydrogens is 527 g/mol. The van der Waals surface area contributed by atoms with Gasteiger partial charge in [0.05, 0.1) is 28.7 Å². The van der Waals surface area contributed by atoms with Gasteiger partial charge in [0.15, 0.2) is 0 Å². The van der Waals surface area contributed by atoms with Crippen LogP contribution in [0.4, 0.5) is 18.9 Å². The van der Waals surface area contributed by atoms with Crippen molar-refractivity contribution in [3.8, 4) is 0 Å². The van der Waals surface area contributed by atoms with E-state index < -0.39 is 34.0 Å². The second-order valence-electron chi connectivity index (χ2n) is 10.2. The standard InChI is InChI=1S/C29H32F3N3O3S/c1-19-7-11-23(12-8-19)39(36,37)35(16-15-33)18-22-10-13-24-27(20-5-3-2-4-6-20)34-26-14-9-21(29(30,31)32)17-25(26)28(24)38-22/h2-9,11-12,14,17,22,24,27-28,34H,10,13,15-16,18,33H2,1H3/t22-,24+,27+,28+/m1/s1. The molecule has 39 heavy (non-hydrogen) atoms. The number of nitrogens with two attached hydrogens (primary N) is 1. The van der Waals surface area contributed by atoms with Crippen molar-refractivity contribution in [1.29, 1.82) is 0 Å². The van der Waals surface area contributed by atoms with Gasteiger partial charge >= 0.3 is 6.18 Å². The van der Waals surface area contributed by atoms with Gasteiger partial charge in [0, 0.05) is 36.8 Å². The quantitative estimate of drug-likeness (QED) is 0.390. The van der Waals surface area contributed by atoms with Crippen molar-refractivity contribution in [1.82, 2.24) is 4.31 Å². The lowest BCUT2D eigenvalue weighted by Crippen LogP contribution is -2.45. The van der Waals surface area contributed by atoms with Crippen LogP contribution in [0.1, 0.15) is 47.2 Å². The minimum Gasteiger partial charge on any atom is -0.378 e. The van der Waals surface area contributed by atoms with Gasteiger partial charge < -0.3 is 15.8 Å². The largest absolute Gasteiger partial charge is 0.416 e. The topological polar surface area (TPSA) is 84.7 Å². The molecule has 3 N–H and O–H groups in total. The Hall–Kier alpha value is -2.92. The Balaban J connectivity index is 1.46. The Kier molecular flexibility index (Phi) is 7.74. The smallest absolute Gasteiger partial charge is 0.378 e. The van der Waals surface area contributed by atoms with Gasteiger partial charge in [-0.25, -0.2) is 8.42 Å². The van der Waals surface area contributed by atoms with Crippen LogP contribution in [0.15, 0.2) is 77.7 Å². The first-order valence-corrected chi connectivity index (χ1v) is 14.5. The third-order valence-corrected chi connectivity index (χ3v) is 9.46. The number of hydrogen-bond acceptors (Lipinski definition) is 5. The molecule has 3 aromatic rings. The predicted octanol–water partition coefficient (Wildman–Crippen LogP) is 5.67.